The first-order valence-electron chi connectivity index (χ1n) is 9.75. The van der Waals surface area contributed by atoms with Gasteiger partial charge in [-0.15, -0.1) is 0 Å². The van der Waals surface area contributed by atoms with Crippen molar-refractivity contribution >= 4 is 11.6 Å². The first kappa shape index (κ1) is 20.1. The van der Waals surface area contributed by atoms with E-state index in [2.05, 4.69) is 39.8 Å². The van der Waals surface area contributed by atoms with Crippen molar-refractivity contribution in [3.05, 3.63) is 57.6 Å². The number of halogens is 1. The highest BCUT2D eigenvalue weighted by molar-refractivity contribution is 6.32. The number of hydrogen-bond donors (Lipinski definition) is 2. The lowest BCUT2D eigenvalue weighted by Crippen LogP contribution is -2.51. The maximum absolute atomic E-state index is 10.1. The van der Waals surface area contributed by atoms with Gasteiger partial charge in [0, 0.05) is 5.41 Å². The van der Waals surface area contributed by atoms with Crippen molar-refractivity contribution in [1.29, 1.82) is 0 Å². The van der Waals surface area contributed by atoms with Gasteiger partial charge in [0.05, 0.1) is 5.02 Å². The molecule has 0 radical (unpaired) electrons. The summed E-state index contributed by atoms with van der Waals surface area (Å²) in [6.45, 7) is 13.1. The molecule has 0 saturated heterocycles. The van der Waals surface area contributed by atoms with Gasteiger partial charge in [-0.05, 0) is 78.3 Å². The lowest BCUT2D eigenvalue weighted by Gasteiger charge is -2.56. The normalized spacial score (nSPS) is 25.3. The standard InChI is InChI=1S/C24H31ClO2/c1-14-9-18(7-8-21(14)26)24(13-17(16(24)3)12-23(4,5)6)19-10-15(2)22(27)20(25)11-19/h7-11,16-17,26-27H,12-13H2,1-6H3/t16-,17+,24?/m0/s1. The summed E-state index contributed by atoms with van der Waals surface area (Å²) in [4.78, 5) is 0. The van der Waals surface area contributed by atoms with Crippen LogP contribution in [-0.2, 0) is 5.41 Å². The second-order valence-corrected chi connectivity index (χ2v) is 10.0. The minimum absolute atomic E-state index is 0.142. The maximum atomic E-state index is 10.1. The molecule has 1 fully saturated rings. The quantitative estimate of drug-likeness (QED) is 0.612. The van der Waals surface area contributed by atoms with E-state index in [1.165, 1.54) is 12.0 Å². The predicted octanol–water partition coefficient (Wildman–Crippen LogP) is 6.75. The first-order chi connectivity index (χ1) is 12.5. The summed E-state index contributed by atoms with van der Waals surface area (Å²) in [5.41, 5.74) is 4.22. The summed E-state index contributed by atoms with van der Waals surface area (Å²) >= 11 is 6.35. The van der Waals surface area contributed by atoms with Crippen molar-refractivity contribution in [2.24, 2.45) is 17.3 Å². The summed E-state index contributed by atoms with van der Waals surface area (Å²) in [6.07, 6.45) is 2.23. The van der Waals surface area contributed by atoms with Crippen LogP contribution in [0.25, 0.3) is 0 Å². The summed E-state index contributed by atoms with van der Waals surface area (Å²) < 4.78 is 0. The minimum Gasteiger partial charge on any atom is -0.508 e. The van der Waals surface area contributed by atoms with Gasteiger partial charge in [-0.1, -0.05) is 57.5 Å². The third-order valence-electron chi connectivity index (χ3n) is 6.42. The Morgan fingerprint density at radius 1 is 1.04 bits per heavy atom. The molecule has 1 unspecified atom stereocenters. The molecule has 27 heavy (non-hydrogen) atoms. The predicted molar refractivity (Wildman–Crippen MR) is 113 cm³/mol. The van der Waals surface area contributed by atoms with Gasteiger partial charge in [-0.2, -0.15) is 0 Å². The van der Waals surface area contributed by atoms with Crippen LogP contribution in [0, 0.1) is 31.1 Å². The number of phenols is 2. The number of hydrogen-bond acceptors (Lipinski definition) is 2. The second-order valence-electron chi connectivity index (χ2n) is 9.61. The van der Waals surface area contributed by atoms with Gasteiger partial charge in [0.1, 0.15) is 11.5 Å². The summed E-state index contributed by atoms with van der Waals surface area (Å²) in [5, 5.41) is 20.6. The van der Waals surface area contributed by atoms with Gasteiger partial charge in [0.15, 0.2) is 0 Å². The smallest absolute Gasteiger partial charge is 0.137 e. The van der Waals surface area contributed by atoms with Crippen LogP contribution in [0.4, 0.5) is 0 Å². The van der Waals surface area contributed by atoms with Crippen LogP contribution in [0.15, 0.2) is 30.3 Å². The van der Waals surface area contributed by atoms with E-state index in [4.69, 9.17) is 11.6 Å². The maximum Gasteiger partial charge on any atom is 0.137 e. The Hall–Kier alpha value is -1.67. The Morgan fingerprint density at radius 3 is 2.19 bits per heavy atom. The molecule has 0 spiro atoms. The van der Waals surface area contributed by atoms with E-state index < -0.39 is 0 Å². The van der Waals surface area contributed by atoms with Crippen molar-refractivity contribution in [3.63, 3.8) is 0 Å². The van der Waals surface area contributed by atoms with Gasteiger partial charge in [-0.25, -0.2) is 0 Å². The number of rotatable bonds is 3. The molecule has 2 aromatic carbocycles. The molecule has 3 atom stereocenters. The highest BCUT2D eigenvalue weighted by Gasteiger charge is 2.54. The zero-order valence-electron chi connectivity index (χ0n) is 17.2. The average molecular weight is 387 g/mol. The molecule has 0 heterocycles. The molecule has 0 bridgehead atoms. The van der Waals surface area contributed by atoms with Crippen molar-refractivity contribution < 1.29 is 10.2 Å². The molecule has 2 nitrogen and oxygen atoms in total. The van der Waals surface area contributed by atoms with Gasteiger partial charge < -0.3 is 10.2 Å². The van der Waals surface area contributed by atoms with Crippen LogP contribution < -0.4 is 0 Å². The van der Waals surface area contributed by atoms with Crippen molar-refractivity contribution in [3.8, 4) is 11.5 Å². The monoisotopic (exact) mass is 386 g/mol. The Labute approximate surface area is 168 Å². The third kappa shape index (κ3) is 3.45. The van der Waals surface area contributed by atoms with Gasteiger partial charge in [-0.3, -0.25) is 0 Å². The molecular formula is C24H31ClO2. The highest BCUT2D eigenvalue weighted by atomic mass is 35.5. The fraction of sp³-hybridized carbons (Fsp3) is 0.500. The Bertz CT molecular complexity index is 842. The molecule has 1 aliphatic carbocycles. The average Bonchev–Trinajstić information content (AvgIpc) is 2.57. The fourth-order valence-electron chi connectivity index (χ4n) is 4.91. The molecule has 2 N–H and O–H groups in total. The number of aryl methyl sites for hydroxylation is 2. The topological polar surface area (TPSA) is 40.5 Å². The SMILES string of the molecule is Cc1cc(C2(c3cc(C)c(O)c(Cl)c3)C[C@@H](CC(C)(C)C)[C@@H]2C)ccc1O. The van der Waals surface area contributed by atoms with E-state index in [-0.39, 0.29) is 11.2 Å². The molecule has 1 saturated carbocycles. The molecule has 3 heteroatoms. The van der Waals surface area contributed by atoms with Gasteiger partial charge >= 0.3 is 0 Å². The van der Waals surface area contributed by atoms with Crippen LogP contribution in [0.1, 0.15) is 62.8 Å². The zero-order valence-corrected chi connectivity index (χ0v) is 18.0. The van der Waals surface area contributed by atoms with Crippen LogP contribution in [-0.4, -0.2) is 10.2 Å². The molecule has 146 valence electrons. The van der Waals surface area contributed by atoms with E-state index in [9.17, 15) is 10.2 Å². The molecule has 0 aliphatic heterocycles. The molecule has 2 aromatic rings. The zero-order chi connectivity index (χ0) is 20.1. The van der Waals surface area contributed by atoms with E-state index in [0.717, 1.165) is 23.1 Å². The van der Waals surface area contributed by atoms with Crippen molar-refractivity contribution in [1.82, 2.24) is 0 Å². The Kier molecular flexibility index (Phi) is 5.01. The summed E-state index contributed by atoms with van der Waals surface area (Å²) in [7, 11) is 0. The van der Waals surface area contributed by atoms with Gasteiger partial charge in [0.2, 0.25) is 0 Å². The largest absolute Gasteiger partial charge is 0.508 e. The van der Waals surface area contributed by atoms with Crippen LogP contribution in [0.2, 0.25) is 5.02 Å². The van der Waals surface area contributed by atoms with Crippen LogP contribution >= 0.6 is 11.6 Å². The molecule has 3 rings (SSSR count). The Balaban J connectivity index is 2.13. The van der Waals surface area contributed by atoms with Crippen molar-refractivity contribution in [2.75, 3.05) is 0 Å². The fourth-order valence-corrected chi connectivity index (χ4v) is 5.18. The number of phenolic OH excluding ortho intramolecular Hbond substituents is 2. The summed E-state index contributed by atoms with van der Waals surface area (Å²) in [5.74, 6) is 1.57. The van der Waals surface area contributed by atoms with E-state index >= 15 is 0 Å². The first-order valence-corrected chi connectivity index (χ1v) is 10.1. The van der Waals surface area contributed by atoms with E-state index in [1.54, 1.807) is 6.07 Å². The van der Waals surface area contributed by atoms with Crippen LogP contribution in [0.5, 0.6) is 11.5 Å². The molecule has 0 amide bonds. The summed E-state index contributed by atoms with van der Waals surface area (Å²) in [6, 6.07) is 9.95. The minimum atomic E-state index is -0.142. The lowest BCUT2D eigenvalue weighted by atomic mass is 9.47. The lowest BCUT2D eigenvalue weighted by molar-refractivity contribution is 0.0434. The van der Waals surface area contributed by atoms with E-state index in [0.29, 0.717) is 28.0 Å². The number of aromatic hydroxyl groups is 2. The molecule has 0 aromatic heterocycles. The van der Waals surface area contributed by atoms with Gasteiger partial charge in [0.25, 0.3) is 0 Å². The van der Waals surface area contributed by atoms with Crippen LogP contribution in [0.3, 0.4) is 0 Å². The molecule has 1 aliphatic rings. The second kappa shape index (κ2) is 6.74. The highest BCUT2D eigenvalue weighted by Crippen LogP contribution is 2.60. The number of benzene rings is 2. The Morgan fingerprint density at radius 2 is 1.67 bits per heavy atom. The third-order valence-corrected chi connectivity index (χ3v) is 6.71. The van der Waals surface area contributed by atoms with Crippen molar-refractivity contribution in [2.45, 2.75) is 59.8 Å². The van der Waals surface area contributed by atoms with E-state index in [1.807, 2.05) is 26.0 Å². The molecular weight excluding hydrogens is 356 g/mol.